The van der Waals surface area contributed by atoms with Crippen LogP contribution in [-0.2, 0) is 4.74 Å². The van der Waals surface area contributed by atoms with Crippen molar-refractivity contribution < 1.29 is 4.74 Å². The molecule has 16 heavy (non-hydrogen) atoms. The number of hydrogen-bond donors (Lipinski definition) is 1. The van der Waals surface area contributed by atoms with Crippen LogP contribution in [0.4, 0.5) is 0 Å². The highest BCUT2D eigenvalue weighted by molar-refractivity contribution is 7.10. The smallest absolute Gasteiger partial charge is 0.0594 e. The molecule has 1 N–H and O–H groups in total. The second-order valence-electron chi connectivity index (χ2n) is 3.99. The van der Waals surface area contributed by atoms with E-state index in [4.69, 9.17) is 4.74 Å². The van der Waals surface area contributed by atoms with Crippen LogP contribution in [0.3, 0.4) is 0 Å². The van der Waals surface area contributed by atoms with Crippen LogP contribution in [0, 0.1) is 0 Å². The molecule has 0 saturated carbocycles. The van der Waals surface area contributed by atoms with E-state index in [1.165, 1.54) is 4.88 Å². The highest BCUT2D eigenvalue weighted by atomic mass is 32.1. The normalized spacial score (nSPS) is 19.8. The number of likely N-dealkylation sites (N-methyl/N-ethyl adjacent to an activating group) is 1. The molecule has 0 spiro atoms. The predicted octanol–water partition coefficient (Wildman–Crippen LogP) is 1.73. The molecule has 90 valence electrons. The molecule has 1 saturated heterocycles. The van der Waals surface area contributed by atoms with Gasteiger partial charge in [-0.1, -0.05) is 13.0 Å². The maximum atomic E-state index is 5.41. The van der Waals surface area contributed by atoms with Crippen molar-refractivity contribution in [2.75, 3.05) is 39.4 Å². The molecule has 1 aromatic heterocycles. The van der Waals surface area contributed by atoms with Gasteiger partial charge in [-0.2, -0.15) is 0 Å². The summed E-state index contributed by atoms with van der Waals surface area (Å²) in [6.07, 6.45) is 0. The number of thiophene rings is 1. The van der Waals surface area contributed by atoms with Gasteiger partial charge in [-0.3, -0.25) is 4.90 Å². The SMILES string of the molecule is CCNCC(c1cccs1)N1CCOCC1. The average molecular weight is 240 g/mol. The molecule has 1 aromatic rings. The van der Waals surface area contributed by atoms with Gasteiger partial charge in [0.05, 0.1) is 19.3 Å². The summed E-state index contributed by atoms with van der Waals surface area (Å²) in [5.41, 5.74) is 0. The molecular weight excluding hydrogens is 220 g/mol. The summed E-state index contributed by atoms with van der Waals surface area (Å²) in [6.45, 7) is 8.07. The number of ether oxygens (including phenoxy) is 1. The molecule has 0 radical (unpaired) electrons. The summed E-state index contributed by atoms with van der Waals surface area (Å²) < 4.78 is 5.41. The zero-order valence-electron chi connectivity index (χ0n) is 9.82. The Labute approximate surface area is 101 Å². The van der Waals surface area contributed by atoms with Crippen molar-refractivity contribution in [3.63, 3.8) is 0 Å². The lowest BCUT2D eigenvalue weighted by Crippen LogP contribution is -2.42. The van der Waals surface area contributed by atoms with Crippen LogP contribution in [0.25, 0.3) is 0 Å². The lowest BCUT2D eigenvalue weighted by Gasteiger charge is -2.34. The number of nitrogens with one attached hydrogen (secondary N) is 1. The molecule has 4 heteroatoms. The van der Waals surface area contributed by atoms with Gasteiger partial charge in [0.1, 0.15) is 0 Å². The van der Waals surface area contributed by atoms with E-state index in [0.717, 1.165) is 39.4 Å². The molecule has 1 unspecified atom stereocenters. The average Bonchev–Trinajstić information content (AvgIpc) is 2.85. The lowest BCUT2D eigenvalue weighted by molar-refractivity contribution is 0.0170. The molecule has 3 nitrogen and oxygen atoms in total. The predicted molar refractivity (Wildman–Crippen MR) is 68.0 cm³/mol. The highest BCUT2D eigenvalue weighted by Gasteiger charge is 2.22. The van der Waals surface area contributed by atoms with Crippen LogP contribution < -0.4 is 5.32 Å². The maximum absolute atomic E-state index is 5.41. The van der Waals surface area contributed by atoms with E-state index in [9.17, 15) is 0 Å². The first-order valence-corrected chi connectivity index (χ1v) is 6.85. The molecule has 2 heterocycles. The number of rotatable bonds is 5. The summed E-state index contributed by atoms with van der Waals surface area (Å²) in [5, 5.41) is 5.62. The molecule has 0 bridgehead atoms. The summed E-state index contributed by atoms with van der Waals surface area (Å²) in [6, 6.07) is 4.89. The third-order valence-corrected chi connectivity index (χ3v) is 3.92. The second kappa shape index (κ2) is 6.35. The molecular formula is C12H20N2OS. The zero-order valence-corrected chi connectivity index (χ0v) is 10.6. The Kier molecular flexibility index (Phi) is 4.78. The quantitative estimate of drug-likeness (QED) is 0.848. The maximum Gasteiger partial charge on any atom is 0.0594 e. The zero-order chi connectivity index (χ0) is 11.2. The summed E-state index contributed by atoms with van der Waals surface area (Å²) in [5.74, 6) is 0. The van der Waals surface area contributed by atoms with E-state index in [1.807, 2.05) is 11.3 Å². The van der Waals surface area contributed by atoms with Crippen molar-refractivity contribution >= 4 is 11.3 Å². The van der Waals surface area contributed by atoms with Crippen LogP contribution in [0.1, 0.15) is 17.8 Å². The first kappa shape index (κ1) is 12.0. The van der Waals surface area contributed by atoms with Crippen molar-refractivity contribution in [3.05, 3.63) is 22.4 Å². The van der Waals surface area contributed by atoms with E-state index in [-0.39, 0.29) is 0 Å². The molecule has 1 atom stereocenters. The monoisotopic (exact) mass is 240 g/mol. The molecule has 1 aliphatic rings. The van der Waals surface area contributed by atoms with Crippen molar-refractivity contribution in [3.8, 4) is 0 Å². The molecule has 1 aliphatic heterocycles. The number of hydrogen-bond acceptors (Lipinski definition) is 4. The van der Waals surface area contributed by atoms with Gasteiger partial charge < -0.3 is 10.1 Å². The van der Waals surface area contributed by atoms with Gasteiger partial charge in [0, 0.05) is 24.5 Å². The minimum absolute atomic E-state index is 0.517. The Morgan fingerprint density at radius 3 is 2.94 bits per heavy atom. The van der Waals surface area contributed by atoms with E-state index in [2.05, 4.69) is 34.7 Å². The minimum atomic E-state index is 0.517. The van der Waals surface area contributed by atoms with Crippen molar-refractivity contribution in [1.29, 1.82) is 0 Å². The topological polar surface area (TPSA) is 24.5 Å². The largest absolute Gasteiger partial charge is 0.379 e. The fraction of sp³-hybridized carbons (Fsp3) is 0.667. The van der Waals surface area contributed by atoms with Gasteiger partial charge in [-0.25, -0.2) is 0 Å². The standard InChI is InChI=1S/C12H20N2OS/c1-2-13-10-11(12-4-3-9-16-12)14-5-7-15-8-6-14/h3-4,9,11,13H,2,5-8,10H2,1H3. The van der Waals surface area contributed by atoms with E-state index < -0.39 is 0 Å². The van der Waals surface area contributed by atoms with Crippen LogP contribution in [-0.4, -0.2) is 44.3 Å². The van der Waals surface area contributed by atoms with Gasteiger partial charge in [0.2, 0.25) is 0 Å². The van der Waals surface area contributed by atoms with Crippen molar-refractivity contribution in [2.45, 2.75) is 13.0 Å². The van der Waals surface area contributed by atoms with Crippen LogP contribution >= 0.6 is 11.3 Å². The Morgan fingerprint density at radius 1 is 1.50 bits per heavy atom. The molecule has 0 aromatic carbocycles. The van der Waals surface area contributed by atoms with Crippen LogP contribution in [0.5, 0.6) is 0 Å². The molecule has 0 aliphatic carbocycles. The molecule has 2 rings (SSSR count). The first-order valence-electron chi connectivity index (χ1n) is 5.97. The molecule has 1 fully saturated rings. The van der Waals surface area contributed by atoms with E-state index >= 15 is 0 Å². The van der Waals surface area contributed by atoms with Gasteiger partial charge in [-0.15, -0.1) is 11.3 Å². The van der Waals surface area contributed by atoms with Gasteiger partial charge in [0.25, 0.3) is 0 Å². The van der Waals surface area contributed by atoms with Crippen LogP contribution in [0.15, 0.2) is 17.5 Å². The number of morpholine rings is 1. The molecule has 0 amide bonds. The Bertz CT molecular complexity index is 283. The van der Waals surface area contributed by atoms with Gasteiger partial charge in [0.15, 0.2) is 0 Å². The van der Waals surface area contributed by atoms with Crippen molar-refractivity contribution in [2.24, 2.45) is 0 Å². The first-order chi connectivity index (χ1) is 7.92. The van der Waals surface area contributed by atoms with Crippen LogP contribution in [0.2, 0.25) is 0 Å². The summed E-state index contributed by atoms with van der Waals surface area (Å²) in [7, 11) is 0. The second-order valence-corrected chi connectivity index (χ2v) is 4.97. The summed E-state index contributed by atoms with van der Waals surface area (Å²) in [4.78, 5) is 3.99. The lowest BCUT2D eigenvalue weighted by atomic mass is 10.2. The Hall–Kier alpha value is -0.420. The minimum Gasteiger partial charge on any atom is -0.379 e. The third-order valence-electron chi connectivity index (χ3n) is 2.95. The van der Waals surface area contributed by atoms with Gasteiger partial charge in [-0.05, 0) is 18.0 Å². The van der Waals surface area contributed by atoms with Crippen molar-refractivity contribution in [1.82, 2.24) is 10.2 Å². The van der Waals surface area contributed by atoms with Gasteiger partial charge >= 0.3 is 0 Å². The Morgan fingerprint density at radius 2 is 2.31 bits per heavy atom. The highest BCUT2D eigenvalue weighted by Crippen LogP contribution is 2.25. The van der Waals surface area contributed by atoms with E-state index in [1.54, 1.807) is 0 Å². The third kappa shape index (κ3) is 3.04. The number of nitrogens with zero attached hydrogens (tertiary/aromatic N) is 1. The Balaban J connectivity index is 2.01. The van der Waals surface area contributed by atoms with E-state index in [0.29, 0.717) is 6.04 Å². The summed E-state index contributed by atoms with van der Waals surface area (Å²) >= 11 is 1.85. The fourth-order valence-corrected chi connectivity index (χ4v) is 2.92. The fourth-order valence-electron chi connectivity index (χ4n) is 2.06.